The van der Waals surface area contributed by atoms with Gasteiger partial charge in [-0.15, -0.1) is 0 Å². The maximum Gasteiger partial charge on any atom is 0.329 e. The molecule has 74 valence electrons. The Morgan fingerprint density at radius 1 is 1.46 bits per heavy atom. The Hall–Kier alpha value is -1.52. The van der Waals surface area contributed by atoms with Crippen molar-refractivity contribution in [1.29, 1.82) is 0 Å². The van der Waals surface area contributed by atoms with E-state index in [0.717, 1.165) is 6.08 Å². The third kappa shape index (κ3) is 8.39. The number of carboxylic acids is 1. The molecule has 0 radical (unpaired) electrons. The summed E-state index contributed by atoms with van der Waals surface area (Å²) >= 11 is 0. The Bertz CT molecular complexity index is 202. The van der Waals surface area contributed by atoms with Gasteiger partial charge in [-0.05, 0) is 6.92 Å². The number of rotatable bonds is 6. The smallest absolute Gasteiger partial charge is 0.329 e. The van der Waals surface area contributed by atoms with Crippen molar-refractivity contribution in [1.82, 2.24) is 10.6 Å². The summed E-state index contributed by atoms with van der Waals surface area (Å²) in [5, 5.41) is 13.5. The van der Waals surface area contributed by atoms with Crippen LogP contribution in [-0.2, 0) is 9.59 Å². The van der Waals surface area contributed by atoms with Crippen molar-refractivity contribution in [3.63, 3.8) is 0 Å². The molecule has 0 unspecified atom stereocenters. The average Bonchev–Trinajstić information content (AvgIpc) is 2.03. The van der Waals surface area contributed by atoms with Crippen LogP contribution in [0.4, 0.5) is 0 Å². The number of carbonyl (C=O) groups is 2. The van der Waals surface area contributed by atoms with E-state index in [4.69, 9.17) is 5.11 Å². The molecule has 5 nitrogen and oxygen atoms in total. The van der Waals surface area contributed by atoms with Crippen LogP contribution in [0.25, 0.3) is 0 Å². The van der Waals surface area contributed by atoms with Crippen LogP contribution in [-0.4, -0.2) is 30.1 Å². The Morgan fingerprint density at radius 3 is 2.69 bits per heavy atom. The fourth-order valence-electron chi connectivity index (χ4n) is 0.685. The Kier molecular flexibility index (Phi) is 6.31. The van der Waals surface area contributed by atoms with E-state index in [1.807, 2.05) is 6.92 Å². The molecule has 0 heterocycles. The molecular weight excluding hydrogens is 172 g/mol. The van der Waals surface area contributed by atoms with E-state index in [9.17, 15) is 9.59 Å². The monoisotopic (exact) mass is 186 g/mol. The summed E-state index contributed by atoms with van der Waals surface area (Å²) in [6.45, 7) is 2.90. The summed E-state index contributed by atoms with van der Waals surface area (Å²) in [4.78, 5) is 20.8. The van der Waals surface area contributed by atoms with Crippen LogP contribution < -0.4 is 10.6 Å². The Labute approximate surface area is 76.8 Å². The molecule has 0 bridgehead atoms. The maximum absolute atomic E-state index is 10.8. The van der Waals surface area contributed by atoms with Gasteiger partial charge >= 0.3 is 5.97 Å². The fourth-order valence-corrected chi connectivity index (χ4v) is 0.685. The molecule has 0 aliphatic carbocycles. The first-order chi connectivity index (χ1) is 6.16. The maximum atomic E-state index is 10.8. The van der Waals surface area contributed by atoms with E-state index in [0.29, 0.717) is 19.5 Å². The van der Waals surface area contributed by atoms with Crippen molar-refractivity contribution >= 4 is 11.9 Å². The first-order valence-electron chi connectivity index (χ1n) is 4.06. The minimum absolute atomic E-state index is 0.0428. The highest BCUT2D eigenvalue weighted by Crippen LogP contribution is 1.77. The molecule has 0 fully saturated rings. The average molecular weight is 186 g/mol. The third-order valence-corrected chi connectivity index (χ3v) is 1.21. The summed E-state index contributed by atoms with van der Waals surface area (Å²) in [6.07, 6.45) is 2.64. The predicted molar refractivity (Wildman–Crippen MR) is 48.1 cm³/mol. The van der Waals surface area contributed by atoms with Gasteiger partial charge in [0.05, 0.1) is 0 Å². The largest absolute Gasteiger partial charge is 0.478 e. The molecule has 1 amide bonds. The summed E-state index contributed by atoms with van der Waals surface area (Å²) in [6, 6.07) is 0. The fraction of sp³-hybridized carbons (Fsp3) is 0.500. The summed E-state index contributed by atoms with van der Waals surface area (Å²) in [7, 11) is 0. The lowest BCUT2D eigenvalue weighted by Gasteiger charge is -2.00. The third-order valence-electron chi connectivity index (χ3n) is 1.21. The minimum atomic E-state index is -1.01. The first-order valence-corrected chi connectivity index (χ1v) is 4.06. The number of carboxylic acid groups (broad SMARTS) is 1. The van der Waals surface area contributed by atoms with E-state index in [1.165, 1.54) is 6.20 Å². The molecule has 0 saturated carbocycles. The highest BCUT2D eigenvalue weighted by Gasteiger charge is 1.95. The normalized spacial score (nSPS) is 9.92. The molecule has 13 heavy (non-hydrogen) atoms. The van der Waals surface area contributed by atoms with Crippen LogP contribution in [0.15, 0.2) is 12.3 Å². The van der Waals surface area contributed by atoms with Crippen molar-refractivity contribution < 1.29 is 14.7 Å². The van der Waals surface area contributed by atoms with Crippen LogP contribution in [0.2, 0.25) is 0 Å². The lowest BCUT2D eigenvalue weighted by Crippen LogP contribution is -2.25. The van der Waals surface area contributed by atoms with Gasteiger partial charge < -0.3 is 15.7 Å². The molecule has 0 aromatic heterocycles. The Balaban J connectivity index is 3.35. The molecular formula is C8H14N2O3. The first kappa shape index (κ1) is 11.5. The second-order valence-electron chi connectivity index (χ2n) is 2.33. The van der Waals surface area contributed by atoms with Crippen LogP contribution >= 0.6 is 0 Å². The zero-order valence-electron chi connectivity index (χ0n) is 7.54. The summed E-state index contributed by atoms with van der Waals surface area (Å²) in [5.41, 5.74) is 0. The second-order valence-corrected chi connectivity index (χ2v) is 2.33. The van der Waals surface area contributed by atoms with Crippen molar-refractivity contribution in [3.05, 3.63) is 12.3 Å². The molecule has 0 spiro atoms. The van der Waals surface area contributed by atoms with Crippen molar-refractivity contribution in [2.24, 2.45) is 0 Å². The predicted octanol–water partition coefficient (Wildman–Crippen LogP) is -0.299. The molecule has 0 aliphatic heterocycles. The number of aliphatic carboxylic acids is 1. The topological polar surface area (TPSA) is 78.4 Å². The minimum Gasteiger partial charge on any atom is -0.478 e. The molecule has 0 aromatic rings. The number of carbonyl (C=O) groups excluding carboxylic acids is 1. The van der Waals surface area contributed by atoms with E-state index in [1.54, 1.807) is 0 Å². The van der Waals surface area contributed by atoms with E-state index >= 15 is 0 Å². The van der Waals surface area contributed by atoms with Gasteiger partial charge in [0.2, 0.25) is 5.91 Å². The van der Waals surface area contributed by atoms with Crippen molar-refractivity contribution in [2.45, 2.75) is 13.3 Å². The van der Waals surface area contributed by atoms with Crippen LogP contribution in [0.1, 0.15) is 13.3 Å². The van der Waals surface area contributed by atoms with Crippen molar-refractivity contribution in [2.75, 3.05) is 13.1 Å². The van der Waals surface area contributed by atoms with Gasteiger partial charge in [0.1, 0.15) is 0 Å². The van der Waals surface area contributed by atoms with E-state index in [-0.39, 0.29) is 5.91 Å². The number of hydrogen-bond donors (Lipinski definition) is 3. The Morgan fingerprint density at radius 2 is 2.15 bits per heavy atom. The van der Waals surface area contributed by atoms with Gasteiger partial charge in [-0.25, -0.2) is 4.79 Å². The van der Waals surface area contributed by atoms with Gasteiger partial charge in [0, 0.05) is 31.8 Å². The molecule has 3 N–H and O–H groups in total. The van der Waals surface area contributed by atoms with E-state index < -0.39 is 5.97 Å². The molecule has 0 saturated heterocycles. The van der Waals surface area contributed by atoms with Gasteiger partial charge in [-0.1, -0.05) is 0 Å². The number of nitrogens with one attached hydrogen (secondary N) is 2. The molecule has 0 atom stereocenters. The van der Waals surface area contributed by atoms with Gasteiger partial charge in [0.15, 0.2) is 0 Å². The number of amides is 1. The van der Waals surface area contributed by atoms with Gasteiger partial charge in [-0.2, -0.15) is 0 Å². The lowest BCUT2D eigenvalue weighted by molar-refractivity contribution is -0.131. The van der Waals surface area contributed by atoms with Crippen LogP contribution in [0.5, 0.6) is 0 Å². The van der Waals surface area contributed by atoms with Gasteiger partial charge in [0.25, 0.3) is 0 Å². The van der Waals surface area contributed by atoms with E-state index in [2.05, 4.69) is 10.6 Å². The van der Waals surface area contributed by atoms with Crippen LogP contribution in [0, 0.1) is 0 Å². The molecule has 0 rings (SSSR count). The van der Waals surface area contributed by atoms with Crippen LogP contribution in [0.3, 0.4) is 0 Å². The van der Waals surface area contributed by atoms with Crippen molar-refractivity contribution in [3.8, 4) is 0 Å². The molecule has 0 aromatic carbocycles. The molecule has 0 aliphatic rings. The zero-order valence-corrected chi connectivity index (χ0v) is 7.54. The highest BCUT2D eigenvalue weighted by atomic mass is 16.4. The zero-order chi connectivity index (χ0) is 10.1. The highest BCUT2D eigenvalue weighted by molar-refractivity contribution is 5.79. The standard InChI is InChI=1S/C8H14N2O3/c1-2-10-7(11)3-5-9-6-4-8(12)13/h4,6,9H,2-3,5H2,1H3,(H,10,11)(H,12,13)/b6-4+. The summed E-state index contributed by atoms with van der Waals surface area (Å²) < 4.78 is 0. The number of hydrogen-bond acceptors (Lipinski definition) is 3. The SMILES string of the molecule is CCNC(=O)CCN/C=C/C(=O)O. The lowest BCUT2D eigenvalue weighted by atomic mass is 10.4. The molecule has 5 heteroatoms. The second kappa shape index (κ2) is 7.15. The summed E-state index contributed by atoms with van der Waals surface area (Å²) in [5.74, 6) is -1.05. The van der Waals surface area contributed by atoms with Gasteiger partial charge in [-0.3, -0.25) is 4.79 Å². The quantitative estimate of drug-likeness (QED) is 0.393.